The van der Waals surface area contributed by atoms with Crippen molar-refractivity contribution in [2.24, 2.45) is 5.92 Å². The first-order valence-electron chi connectivity index (χ1n) is 14.4. The number of carbonyl (C=O) groups is 2. The van der Waals surface area contributed by atoms with Crippen LogP contribution in [0.15, 0.2) is 0 Å². The van der Waals surface area contributed by atoms with Gasteiger partial charge in [-0.3, -0.25) is 4.79 Å². The van der Waals surface area contributed by atoms with Gasteiger partial charge >= 0.3 is 5.97 Å². The smallest absolute Gasteiger partial charge is 0.306 e. The highest BCUT2D eigenvalue weighted by Gasteiger charge is 2.23. The summed E-state index contributed by atoms with van der Waals surface area (Å²) in [4.78, 5) is 25.5. The van der Waals surface area contributed by atoms with Crippen molar-refractivity contribution in [1.29, 1.82) is 0 Å². The molecule has 0 bridgehead atoms. The molecule has 4 heteroatoms. The molecular weight excluding hydrogens is 410 g/mol. The van der Waals surface area contributed by atoms with Crippen molar-refractivity contribution in [3.05, 3.63) is 0 Å². The Morgan fingerprint density at radius 1 is 0.727 bits per heavy atom. The van der Waals surface area contributed by atoms with Gasteiger partial charge in [0.15, 0.2) is 0 Å². The van der Waals surface area contributed by atoms with Crippen LogP contribution in [0.1, 0.15) is 142 Å². The maximum absolute atomic E-state index is 12.2. The lowest BCUT2D eigenvalue weighted by molar-refractivity contribution is -0.151. The number of nitrogens with zero attached hydrogens (tertiary/aromatic N) is 1. The number of esters is 1. The molecule has 0 aromatic heterocycles. The van der Waals surface area contributed by atoms with Crippen LogP contribution in [0, 0.1) is 5.92 Å². The Morgan fingerprint density at radius 2 is 1.27 bits per heavy atom. The average Bonchev–Trinajstić information content (AvgIpc) is 2.79. The van der Waals surface area contributed by atoms with Gasteiger partial charge in [0.1, 0.15) is 11.9 Å². The molecule has 1 fully saturated rings. The fourth-order valence-electron chi connectivity index (χ4n) is 5.05. The molecule has 1 aliphatic rings. The first-order chi connectivity index (χ1) is 16.0. The molecule has 0 heterocycles. The molecule has 0 atom stereocenters. The third-order valence-electron chi connectivity index (χ3n) is 7.30. The van der Waals surface area contributed by atoms with Crippen LogP contribution in [-0.4, -0.2) is 42.9 Å². The first-order valence-corrected chi connectivity index (χ1v) is 14.4. The summed E-state index contributed by atoms with van der Waals surface area (Å²) in [6.07, 6.45) is 23.5. The van der Waals surface area contributed by atoms with Gasteiger partial charge < -0.3 is 14.4 Å². The minimum Gasteiger partial charge on any atom is -0.462 e. The monoisotopic (exact) mass is 465 g/mol. The molecule has 0 unspecified atom stereocenters. The number of ketones is 1. The number of Topliss-reactive ketones (excluding diaryl/α,β-unsaturated/α-hetero) is 1. The van der Waals surface area contributed by atoms with Gasteiger partial charge in [-0.15, -0.1) is 0 Å². The van der Waals surface area contributed by atoms with Crippen molar-refractivity contribution in [3.63, 3.8) is 0 Å². The molecule has 0 saturated heterocycles. The summed E-state index contributed by atoms with van der Waals surface area (Å²) in [7, 11) is 2.23. The van der Waals surface area contributed by atoms with E-state index in [-0.39, 0.29) is 12.1 Å². The van der Waals surface area contributed by atoms with Crippen LogP contribution in [0.2, 0.25) is 0 Å². The summed E-state index contributed by atoms with van der Waals surface area (Å²) in [6, 6.07) is 0. The van der Waals surface area contributed by atoms with Gasteiger partial charge in [-0.1, -0.05) is 71.1 Å². The van der Waals surface area contributed by atoms with Crippen LogP contribution in [0.3, 0.4) is 0 Å². The van der Waals surface area contributed by atoms with Gasteiger partial charge in [-0.2, -0.15) is 0 Å². The maximum atomic E-state index is 12.2. The number of rotatable bonds is 21. The predicted octanol–water partition coefficient (Wildman–Crippen LogP) is 7.87. The molecule has 1 saturated carbocycles. The van der Waals surface area contributed by atoms with Gasteiger partial charge in [0, 0.05) is 12.8 Å². The lowest BCUT2D eigenvalue weighted by atomic mass is 9.84. The van der Waals surface area contributed by atoms with Crippen molar-refractivity contribution >= 4 is 11.8 Å². The molecule has 0 spiro atoms. The highest BCUT2D eigenvalue weighted by molar-refractivity contribution is 5.75. The molecule has 1 aliphatic carbocycles. The topological polar surface area (TPSA) is 46.6 Å². The molecule has 33 heavy (non-hydrogen) atoms. The van der Waals surface area contributed by atoms with Crippen LogP contribution in [0.5, 0.6) is 0 Å². The second-order valence-corrected chi connectivity index (χ2v) is 10.7. The molecule has 0 aliphatic heterocycles. The molecule has 4 nitrogen and oxygen atoms in total. The number of hydrogen-bond donors (Lipinski definition) is 0. The lowest BCUT2D eigenvalue weighted by Gasteiger charge is -2.28. The Bertz CT molecular complexity index is 485. The zero-order valence-electron chi connectivity index (χ0n) is 22.4. The highest BCUT2D eigenvalue weighted by Crippen LogP contribution is 2.30. The summed E-state index contributed by atoms with van der Waals surface area (Å²) >= 11 is 0. The van der Waals surface area contributed by atoms with Crippen molar-refractivity contribution in [2.45, 2.75) is 148 Å². The van der Waals surface area contributed by atoms with E-state index in [0.717, 1.165) is 44.4 Å². The van der Waals surface area contributed by atoms with Gasteiger partial charge in [-0.05, 0) is 84.3 Å². The summed E-state index contributed by atoms with van der Waals surface area (Å²) in [6.45, 7) is 6.30. The van der Waals surface area contributed by atoms with Gasteiger partial charge in [0.05, 0.1) is 0 Å². The quantitative estimate of drug-likeness (QED) is 0.128. The van der Waals surface area contributed by atoms with E-state index in [1.807, 2.05) is 0 Å². The zero-order chi connectivity index (χ0) is 24.2. The van der Waals surface area contributed by atoms with E-state index in [4.69, 9.17) is 4.74 Å². The highest BCUT2D eigenvalue weighted by atomic mass is 16.5. The van der Waals surface area contributed by atoms with Crippen LogP contribution in [0.25, 0.3) is 0 Å². The van der Waals surface area contributed by atoms with Crippen molar-refractivity contribution in [2.75, 3.05) is 20.1 Å². The molecule has 1 rings (SSSR count). The number of carbonyl (C=O) groups excluding carboxylic acids is 2. The Morgan fingerprint density at radius 3 is 1.85 bits per heavy atom. The molecular formula is C29H55NO3. The van der Waals surface area contributed by atoms with E-state index >= 15 is 0 Å². The zero-order valence-corrected chi connectivity index (χ0v) is 22.4. The Hall–Kier alpha value is -0.900. The van der Waals surface area contributed by atoms with Crippen molar-refractivity contribution in [1.82, 2.24) is 4.90 Å². The van der Waals surface area contributed by atoms with Gasteiger partial charge in [-0.25, -0.2) is 0 Å². The van der Waals surface area contributed by atoms with Crippen LogP contribution >= 0.6 is 0 Å². The summed E-state index contributed by atoms with van der Waals surface area (Å²) in [5.41, 5.74) is 0. The Balaban J connectivity index is 1.87. The summed E-state index contributed by atoms with van der Waals surface area (Å²) in [5, 5.41) is 0. The SMILES string of the molecule is CCCCCC1CCC(OC(=O)CCCCCCCN(C)CCCCCCCC(C)=O)CC1. The van der Waals surface area contributed by atoms with E-state index < -0.39 is 0 Å². The second-order valence-electron chi connectivity index (χ2n) is 10.7. The molecule has 0 aromatic carbocycles. The first kappa shape index (κ1) is 30.1. The van der Waals surface area contributed by atoms with E-state index in [1.165, 1.54) is 96.6 Å². The fraction of sp³-hybridized carbons (Fsp3) is 0.931. The molecule has 0 N–H and O–H groups in total. The minimum atomic E-state index is 0.0328. The van der Waals surface area contributed by atoms with Crippen molar-refractivity contribution in [3.8, 4) is 0 Å². The predicted molar refractivity (Wildman–Crippen MR) is 140 cm³/mol. The third-order valence-corrected chi connectivity index (χ3v) is 7.30. The third kappa shape index (κ3) is 18.1. The number of ether oxygens (including phenoxy) is 1. The molecule has 0 radical (unpaired) electrons. The van der Waals surface area contributed by atoms with Gasteiger partial charge in [0.25, 0.3) is 0 Å². The fourth-order valence-corrected chi connectivity index (χ4v) is 5.05. The maximum Gasteiger partial charge on any atom is 0.306 e. The van der Waals surface area contributed by atoms with Crippen LogP contribution in [-0.2, 0) is 14.3 Å². The van der Waals surface area contributed by atoms with Gasteiger partial charge in [0.2, 0.25) is 0 Å². The van der Waals surface area contributed by atoms with E-state index in [9.17, 15) is 9.59 Å². The molecule has 0 aromatic rings. The molecule has 194 valence electrons. The van der Waals surface area contributed by atoms with E-state index in [1.54, 1.807) is 6.92 Å². The summed E-state index contributed by atoms with van der Waals surface area (Å²) < 4.78 is 5.74. The van der Waals surface area contributed by atoms with Crippen molar-refractivity contribution < 1.29 is 14.3 Å². The summed E-state index contributed by atoms with van der Waals surface area (Å²) in [5.74, 6) is 1.22. The molecule has 0 amide bonds. The minimum absolute atomic E-state index is 0.0328. The lowest BCUT2D eigenvalue weighted by Crippen LogP contribution is -2.24. The standard InChI is InChI=1S/C29H55NO3/c1-4-5-12-18-27-20-22-28(23-21-27)33-29(32)19-14-9-7-11-16-25-30(3)24-15-10-6-8-13-17-26(2)31/h27-28H,4-25H2,1-3H3. The van der Waals surface area contributed by atoms with E-state index in [2.05, 4.69) is 18.9 Å². The second kappa shape index (κ2) is 20.5. The largest absolute Gasteiger partial charge is 0.462 e. The average molecular weight is 466 g/mol. The normalized spacial score (nSPS) is 18.5. The Kier molecular flexibility index (Phi) is 18.7. The van der Waals surface area contributed by atoms with E-state index in [0.29, 0.717) is 12.2 Å². The van der Waals surface area contributed by atoms with Crippen LogP contribution < -0.4 is 0 Å². The Labute approximate surface area is 205 Å². The number of hydrogen-bond acceptors (Lipinski definition) is 4. The number of unbranched alkanes of at least 4 members (excludes halogenated alkanes) is 10. The van der Waals surface area contributed by atoms with Crippen LogP contribution in [0.4, 0.5) is 0 Å².